The molecule has 0 aromatic heterocycles. The number of hydrogen-bond acceptors (Lipinski definition) is 4. The van der Waals surface area contributed by atoms with Crippen molar-refractivity contribution in [2.45, 2.75) is 6.92 Å². The second kappa shape index (κ2) is 6.53. The third-order valence-electron chi connectivity index (χ3n) is 4.96. The lowest BCUT2D eigenvalue weighted by Gasteiger charge is -2.16. The Morgan fingerprint density at radius 3 is 2.34 bits per heavy atom. The van der Waals surface area contributed by atoms with Gasteiger partial charge < -0.3 is 5.32 Å². The molecule has 2 aliphatic rings. The van der Waals surface area contributed by atoms with Gasteiger partial charge in [-0.2, -0.15) is 0 Å². The summed E-state index contributed by atoms with van der Waals surface area (Å²) in [6.07, 6.45) is 0. The molecule has 2 heterocycles. The second-order valence-electron chi connectivity index (χ2n) is 6.89. The first kappa shape index (κ1) is 17.1. The van der Waals surface area contributed by atoms with Gasteiger partial charge in [0.15, 0.2) is 11.4 Å². The van der Waals surface area contributed by atoms with Crippen LogP contribution in [0, 0.1) is 6.92 Å². The minimum atomic E-state index is -0.325. The normalized spacial score (nSPS) is 17.6. The van der Waals surface area contributed by atoms with Crippen molar-refractivity contribution in [3.05, 3.63) is 89.5 Å². The Labute approximate surface area is 167 Å². The van der Waals surface area contributed by atoms with Crippen molar-refractivity contribution in [1.82, 2.24) is 0 Å². The number of fused-ring (bicyclic) bond motifs is 2. The van der Waals surface area contributed by atoms with E-state index < -0.39 is 0 Å². The number of carbonyl (C=O) groups is 2. The molecule has 0 atom stereocenters. The van der Waals surface area contributed by atoms with Crippen LogP contribution in [0.3, 0.4) is 0 Å². The molecule has 0 spiro atoms. The van der Waals surface area contributed by atoms with Gasteiger partial charge in [-0.05, 0) is 37.3 Å². The van der Waals surface area contributed by atoms with Crippen LogP contribution in [0.25, 0.3) is 0 Å². The molecule has 6 heteroatoms. The van der Waals surface area contributed by atoms with Crippen molar-refractivity contribution in [3.63, 3.8) is 0 Å². The van der Waals surface area contributed by atoms with Crippen molar-refractivity contribution in [2.75, 3.05) is 10.2 Å². The maximum absolute atomic E-state index is 13.2. The maximum atomic E-state index is 13.2. The summed E-state index contributed by atoms with van der Waals surface area (Å²) in [6, 6.07) is 22.5. The standard InChI is InChI=1S/C23H16N4O2/c1-14-11-12-18-17(13-14)20(22(28)24-18)25-26-21-16-9-5-6-10-19(16)27(23(21)29)15-7-3-2-4-8-15/h2-13H,1H3,(H,24,25,28). The number of anilines is 3. The first-order valence-corrected chi connectivity index (χ1v) is 9.20. The number of benzene rings is 3. The fraction of sp³-hybridized carbons (Fsp3) is 0.0435. The smallest absolute Gasteiger partial charge is 0.284 e. The van der Waals surface area contributed by atoms with Crippen molar-refractivity contribution in [2.24, 2.45) is 10.2 Å². The molecule has 0 fully saturated rings. The molecule has 3 aromatic rings. The minimum Gasteiger partial charge on any atom is -0.320 e. The number of hydrogen-bond donors (Lipinski definition) is 1. The lowest BCUT2D eigenvalue weighted by atomic mass is 10.1. The van der Waals surface area contributed by atoms with E-state index in [1.807, 2.05) is 79.7 Å². The Kier molecular flexibility index (Phi) is 3.84. The molecule has 0 bridgehead atoms. The van der Waals surface area contributed by atoms with Crippen LogP contribution < -0.4 is 10.2 Å². The highest BCUT2D eigenvalue weighted by Gasteiger charge is 2.35. The summed E-state index contributed by atoms with van der Waals surface area (Å²) in [5.74, 6) is -0.599. The van der Waals surface area contributed by atoms with E-state index in [4.69, 9.17) is 0 Å². The van der Waals surface area contributed by atoms with Crippen LogP contribution in [-0.4, -0.2) is 23.2 Å². The predicted molar refractivity (Wildman–Crippen MR) is 113 cm³/mol. The zero-order chi connectivity index (χ0) is 20.0. The van der Waals surface area contributed by atoms with Gasteiger partial charge in [0.25, 0.3) is 11.8 Å². The molecular weight excluding hydrogens is 364 g/mol. The molecule has 5 rings (SSSR count). The predicted octanol–water partition coefficient (Wildman–Crippen LogP) is 3.82. The van der Waals surface area contributed by atoms with Crippen LogP contribution in [-0.2, 0) is 9.59 Å². The Hall–Kier alpha value is -4.06. The largest absolute Gasteiger partial charge is 0.320 e. The van der Waals surface area contributed by atoms with E-state index in [1.54, 1.807) is 4.90 Å². The Morgan fingerprint density at radius 1 is 0.793 bits per heavy atom. The van der Waals surface area contributed by atoms with E-state index in [2.05, 4.69) is 15.5 Å². The third-order valence-corrected chi connectivity index (χ3v) is 4.96. The van der Waals surface area contributed by atoms with Gasteiger partial charge in [-0.3, -0.25) is 14.5 Å². The maximum Gasteiger partial charge on any atom is 0.284 e. The van der Waals surface area contributed by atoms with E-state index in [9.17, 15) is 9.59 Å². The van der Waals surface area contributed by atoms with Crippen molar-refractivity contribution >= 4 is 40.3 Å². The summed E-state index contributed by atoms with van der Waals surface area (Å²) < 4.78 is 0. The number of para-hydroxylation sites is 2. The number of nitrogens with one attached hydrogen (secondary N) is 1. The highest BCUT2D eigenvalue weighted by Crippen LogP contribution is 2.35. The molecule has 0 radical (unpaired) electrons. The Morgan fingerprint density at radius 2 is 1.52 bits per heavy atom. The first-order chi connectivity index (χ1) is 14.1. The summed E-state index contributed by atoms with van der Waals surface area (Å²) >= 11 is 0. The number of amides is 2. The number of rotatable bonds is 2. The van der Waals surface area contributed by atoms with Gasteiger partial charge in [-0.1, -0.05) is 48.0 Å². The molecule has 140 valence electrons. The van der Waals surface area contributed by atoms with Crippen LogP contribution in [0.15, 0.2) is 83.0 Å². The van der Waals surface area contributed by atoms with Gasteiger partial charge >= 0.3 is 0 Å². The zero-order valence-corrected chi connectivity index (χ0v) is 15.6. The molecule has 3 aromatic carbocycles. The SMILES string of the molecule is Cc1ccc2c(c1)C(=NN=C1C(=O)N(c3ccccc3)c3ccccc31)C(=O)N2. The van der Waals surface area contributed by atoms with Crippen LogP contribution in [0.2, 0.25) is 0 Å². The fourth-order valence-corrected chi connectivity index (χ4v) is 3.60. The number of aryl methyl sites for hydroxylation is 1. The lowest BCUT2D eigenvalue weighted by molar-refractivity contribution is -0.112. The van der Waals surface area contributed by atoms with Crippen LogP contribution >= 0.6 is 0 Å². The average molecular weight is 380 g/mol. The van der Waals surface area contributed by atoms with E-state index in [0.717, 1.165) is 16.9 Å². The summed E-state index contributed by atoms with van der Waals surface area (Å²) in [7, 11) is 0. The van der Waals surface area contributed by atoms with Gasteiger partial charge in [0.05, 0.1) is 11.4 Å². The van der Waals surface area contributed by atoms with Gasteiger partial charge in [0.2, 0.25) is 0 Å². The summed E-state index contributed by atoms with van der Waals surface area (Å²) in [5.41, 5.74) is 5.01. The molecule has 1 N–H and O–H groups in total. The molecule has 0 saturated heterocycles. The molecule has 0 unspecified atom stereocenters. The molecular formula is C23H16N4O2. The monoisotopic (exact) mass is 380 g/mol. The van der Waals surface area contributed by atoms with Gasteiger partial charge in [-0.15, -0.1) is 10.2 Å². The first-order valence-electron chi connectivity index (χ1n) is 9.20. The number of carbonyl (C=O) groups excluding carboxylic acids is 2. The Bertz CT molecular complexity index is 1230. The quantitative estimate of drug-likeness (QED) is 0.687. The van der Waals surface area contributed by atoms with Crippen molar-refractivity contribution in [1.29, 1.82) is 0 Å². The summed E-state index contributed by atoms with van der Waals surface area (Å²) in [4.78, 5) is 27.1. The van der Waals surface area contributed by atoms with Crippen LogP contribution in [0.5, 0.6) is 0 Å². The highest BCUT2D eigenvalue weighted by molar-refractivity contribution is 6.56. The molecule has 2 aliphatic heterocycles. The average Bonchev–Trinajstić information content (AvgIpc) is 3.19. The van der Waals surface area contributed by atoms with Crippen molar-refractivity contribution in [3.8, 4) is 0 Å². The van der Waals surface area contributed by atoms with E-state index >= 15 is 0 Å². The van der Waals surface area contributed by atoms with Gasteiger partial charge in [0.1, 0.15) is 0 Å². The zero-order valence-electron chi connectivity index (χ0n) is 15.6. The molecule has 0 aliphatic carbocycles. The topological polar surface area (TPSA) is 74.1 Å². The van der Waals surface area contributed by atoms with Gasteiger partial charge in [0, 0.05) is 16.8 Å². The lowest BCUT2D eigenvalue weighted by Crippen LogP contribution is -2.25. The summed E-state index contributed by atoms with van der Waals surface area (Å²) in [5, 5.41) is 11.2. The minimum absolute atomic E-state index is 0.208. The van der Waals surface area contributed by atoms with Crippen LogP contribution in [0.4, 0.5) is 17.1 Å². The van der Waals surface area contributed by atoms with E-state index in [-0.39, 0.29) is 23.2 Å². The van der Waals surface area contributed by atoms with Crippen LogP contribution in [0.1, 0.15) is 16.7 Å². The Balaban J connectivity index is 1.61. The van der Waals surface area contributed by atoms with Gasteiger partial charge in [-0.25, -0.2) is 0 Å². The molecule has 2 amide bonds. The molecule has 29 heavy (non-hydrogen) atoms. The highest BCUT2D eigenvalue weighted by atomic mass is 16.2. The fourth-order valence-electron chi connectivity index (χ4n) is 3.60. The van der Waals surface area contributed by atoms with E-state index in [0.29, 0.717) is 16.8 Å². The molecule has 0 saturated carbocycles. The third kappa shape index (κ3) is 2.73. The summed E-state index contributed by atoms with van der Waals surface area (Å²) in [6.45, 7) is 1.95. The van der Waals surface area contributed by atoms with E-state index in [1.165, 1.54) is 0 Å². The van der Waals surface area contributed by atoms with Crippen molar-refractivity contribution < 1.29 is 9.59 Å². The molecule has 6 nitrogen and oxygen atoms in total. The second-order valence-corrected chi connectivity index (χ2v) is 6.89. The number of nitrogens with zero attached hydrogens (tertiary/aromatic N) is 3.